The Morgan fingerprint density at radius 3 is 2.58 bits per heavy atom. The van der Waals surface area contributed by atoms with Crippen LogP contribution in [0.25, 0.3) is 0 Å². The highest BCUT2D eigenvalue weighted by atomic mass is 19.1. The second-order valence-electron chi connectivity index (χ2n) is 6.89. The van der Waals surface area contributed by atoms with E-state index in [1.165, 1.54) is 31.5 Å². The number of hydrogen-bond acceptors (Lipinski definition) is 5. The van der Waals surface area contributed by atoms with Crippen LogP contribution in [0.3, 0.4) is 0 Å². The summed E-state index contributed by atoms with van der Waals surface area (Å²) in [6, 6.07) is 9.90. The first-order valence-corrected chi connectivity index (χ1v) is 9.68. The van der Waals surface area contributed by atoms with E-state index in [1.807, 2.05) is 0 Å². The van der Waals surface area contributed by atoms with Gasteiger partial charge in [0.25, 0.3) is 11.8 Å². The molecule has 0 aliphatic carbocycles. The Morgan fingerprint density at radius 2 is 1.94 bits per heavy atom. The second-order valence-corrected chi connectivity index (χ2v) is 6.89. The molecule has 0 aromatic heterocycles. The molecule has 0 fully saturated rings. The predicted octanol–water partition coefficient (Wildman–Crippen LogP) is 3.30. The molecule has 2 rings (SSSR count). The van der Waals surface area contributed by atoms with E-state index in [-0.39, 0.29) is 18.1 Å². The number of carbonyl (C=O) groups excluding carboxylic acids is 2. The molecule has 164 valence electrons. The zero-order chi connectivity index (χ0) is 22.8. The van der Waals surface area contributed by atoms with Gasteiger partial charge in [-0.2, -0.15) is 5.10 Å². The van der Waals surface area contributed by atoms with Crippen molar-refractivity contribution in [1.29, 1.82) is 0 Å². The van der Waals surface area contributed by atoms with Crippen LogP contribution in [0.15, 0.2) is 60.2 Å². The summed E-state index contributed by atoms with van der Waals surface area (Å²) < 4.78 is 24.8. The molecule has 1 unspecified atom stereocenters. The maximum absolute atomic E-state index is 13.9. The van der Waals surface area contributed by atoms with Crippen molar-refractivity contribution in [2.45, 2.75) is 19.9 Å². The molecule has 0 radical (unpaired) electrons. The van der Waals surface area contributed by atoms with E-state index in [1.54, 1.807) is 44.2 Å². The molecule has 0 bridgehead atoms. The minimum Gasteiger partial charge on any atom is -0.493 e. The van der Waals surface area contributed by atoms with Crippen LogP contribution >= 0.6 is 0 Å². The van der Waals surface area contributed by atoms with Crippen LogP contribution in [0.4, 0.5) is 4.39 Å². The van der Waals surface area contributed by atoms with Gasteiger partial charge in [-0.1, -0.05) is 44.7 Å². The average molecular weight is 427 g/mol. The van der Waals surface area contributed by atoms with Gasteiger partial charge in [0, 0.05) is 5.56 Å². The molecule has 2 aromatic carbocycles. The molecular formula is C23H26FN3O4. The minimum absolute atomic E-state index is 0.134. The summed E-state index contributed by atoms with van der Waals surface area (Å²) in [4.78, 5) is 25.0. The summed E-state index contributed by atoms with van der Waals surface area (Å²) in [6.45, 7) is 7.41. The smallest absolute Gasteiger partial charge is 0.262 e. The molecule has 0 heterocycles. The van der Waals surface area contributed by atoms with Crippen molar-refractivity contribution >= 4 is 18.0 Å². The number of nitrogens with zero attached hydrogens (tertiary/aromatic N) is 1. The first-order chi connectivity index (χ1) is 14.9. The van der Waals surface area contributed by atoms with Crippen LogP contribution in [0.5, 0.6) is 11.5 Å². The van der Waals surface area contributed by atoms with Crippen LogP contribution in [0, 0.1) is 11.7 Å². The fourth-order valence-electron chi connectivity index (χ4n) is 2.73. The summed E-state index contributed by atoms with van der Waals surface area (Å²) >= 11 is 0. The third-order valence-corrected chi connectivity index (χ3v) is 4.31. The molecule has 0 aliphatic heterocycles. The number of nitrogens with one attached hydrogen (secondary N) is 2. The lowest BCUT2D eigenvalue weighted by Gasteiger charge is -2.20. The Bertz CT molecular complexity index is 960. The molecule has 0 saturated heterocycles. The van der Waals surface area contributed by atoms with Crippen LogP contribution in [0.1, 0.15) is 29.8 Å². The van der Waals surface area contributed by atoms with Crippen molar-refractivity contribution in [1.82, 2.24) is 10.7 Å². The summed E-state index contributed by atoms with van der Waals surface area (Å²) in [5.74, 6) is -1.16. The van der Waals surface area contributed by atoms with Gasteiger partial charge in [-0.3, -0.25) is 9.59 Å². The third kappa shape index (κ3) is 6.40. The quantitative estimate of drug-likeness (QED) is 0.346. The fraction of sp³-hybridized carbons (Fsp3) is 0.261. The van der Waals surface area contributed by atoms with E-state index in [0.29, 0.717) is 17.1 Å². The monoisotopic (exact) mass is 427 g/mol. The molecule has 0 aliphatic rings. The predicted molar refractivity (Wildman–Crippen MR) is 117 cm³/mol. The van der Waals surface area contributed by atoms with Crippen molar-refractivity contribution < 1.29 is 23.5 Å². The highest BCUT2D eigenvalue weighted by molar-refractivity contribution is 5.98. The van der Waals surface area contributed by atoms with Crippen molar-refractivity contribution in [2.24, 2.45) is 11.0 Å². The maximum Gasteiger partial charge on any atom is 0.262 e. The number of amides is 2. The van der Waals surface area contributed by atoms with Gasteiger partial charge in [-0.15, -0.1) is 0 Å². The Balaban J connectivity index is 2.12. The summed E-state index contributed by atoms with van der Waals surface area (Å²) in [5.41, 5.74) is 2.86. The molecule has 0 spiro atoms. The molecular weight excluding hydrogens is 401 g/mol. The minimum atomic E-state index is -0.911. The Kier molecular flexibility index (Phi) is 8.75. The average Bonchev–Trinajstić information content (AvgIpc) is 2.76. The van der Waals surface area contributed by atoms with Crippen molar-refractivity contribution in [2.75, 3.05) is 13.7 Å². The lowest BCUT2D eigenvalue weighted by molar-refractivity contribution is -0.123. The summed E-state index contributed by atoms with van der Waals surface area (Å²) in [5, 5.41) is 6.53. The number of benzene rings is 2. The van der Waals surface area contributed by atoms with Crippen molar-refractivity contribution in [3.05, 3.63) is 72.1 Å². The van der Waals surface area contributed by atoms with Gasteiger partial charge in [0.1, 0.15) is 18.5 Å². The molecule has 2 amide bonds. The van der Waals surface area contributed by atoms with Gasteiger partial charge in [0.05, 0.1) is 18.9 Å². The maximum atomic E-state index is 13.9. The summed E-state index contributed by atoms with van der Waals surface area (Å²) in [7, 11) is 1.52. The van der Waals surface area contributed by atoms with Crippen molar-refractivity contribution in [3.8, 4) is 11.5 Å². The lowest BCUT2D eigenvalue weighted by atomic mass is 10.0. The van der Waals surface area contributed by atoms with Crippen LogP contribution in [-0.2, 0) is 4.79 Å². The van der Waals surface area contributed by atoms with E-state index < -0.39 is 23.7 Å². The largest absolute Gasteiger partial charge is 0.493 e. The summed E-state index contributed by atoms with van der Waals surface area (Å²) in [6.07, 6.45) is 3.01. The number of carbonyl (C=O) groups is 2. The zero-order valence-corrected chi connectivity index (χ0v) is 17.7. The molecule has 2 aromatic rings. The van der Waals surface area contributed by atoms with E-state index in [2.05, 4.69) is 22.4 Å². The first-order valence-electron chi connectivity index (χ1n) is 9.68. The van der Waals surface area contributed by atoms with Gasteiger partial charge in [0.2, 0.25) is 0 Å². The Hall–Kier alpha value is -3.68. The molecule has 2 N–H and O–H groups in total. The van der Waals surface area contributed by atoms with E-state index in [0.717, 1.165) is 0 Å². The van der Waals surface area contributed by atoms with Gasteiger partial charge in [-0.05, 0) is 30.2 Å². The van der Waals surface area contributed by atoms with Gasteiger partial charge < -0.3 is 14.8 Å². The number of methoxy groups -OCH3 is 1. The molecule has 0 saturated carbocycles. The number of hydrazone groups is 1. The number of rotatable bonds is 10. The van der Waals surface area contributed by atoms with Gasteiger partial charge in [-0.25, -0.2) is 9.82 Å². The fourth-order valence-corrected chi connectivity index (χ4v) is 2.73. The number of hydrogen-bond donors (Lipinski definition) is 2. The molecule has 8 heteroatoms. The van der Waals surface area contributed by atoms with E-state index in [9.17, 15) is 14.0 Å². The number of para-hydroxylation sites is 1. The Labute approximate surface area is 180 Å². The van der Waals surface area contributed by atoms with Crippen molar-refractivity contribution in [3.63, 3.8) is 0 Å². The van der Waals surface area contributed by atoms with Gasteiger partial charge in [0.15, 0.2) is 11.5 Å². The second kappa shape index (κ2) is 11.5. The van der Waals surface area contributed by atoms with Crippen LogP contribution in [0.2, 0.25) is 0 Å². The molecule has 31 heavy (non-hydrogen) atoms. The lowest BCUT2D eigenvalue weighted by Crippen LogP contribution is -2.48. The topological polar surface area (TPSA) is 89.0 Å². The molecule has 7 nitrogen and oxygen atoms in total. The van der Waals surface area contributed by atoms with Crippen LogP contribution in [-0.4, -0.2) is 37.8 Å². The highest BCUT2D eigenvalue weighted by Gasteiger charge is 2.25. The SMILES string of the molecule is C=CCOc1c(C=NNC(=O)C(NC(=O)c2ccccc2F)C(C)C)cccc1OC. The van der Waals surface area contributed by atoms with E-state index >= 15 is 0 Å². The standard InChI is InChI=1S/C23H26FN3O4/c1-5-13-31-21-16(9-8-12-19(21)30-4)14-25-27-23(29)20(15(2)3)26-22(28)17-10-6-7-11-18(17)24/h5-12,14-15,20H,1,13H2,2-4H3,(H,26,28)(H,27,29). The highest BCUT2D eigenvalue weighted by Crippen LogP contribution is 2.30. The van der Waals surface area contributed by atoms with Crippen LogP contribution < -0.4 is 20.2 Å². The first kappa shape index (κ1) is 23.6. The molecule has 1 atom stereocenters. The van der Waals surface area contributed by atoms with Gasteiger partial charge >= 0.3 is 0 Å². The number of ether oxygens (including phenoxy) is 2. The number of halogens is 1. The van der Waals surface area contributed by atoms with E-state index in [4.69, 9.17) is 9.47 Å². The third-order valence-electron chi connectivity index (χ3n) is 4.31. The Morgan fingerprint density at radius 1 is 1.19 bits per heavy atom. The zero-order valence-electron chi connectivity index (χ0n) is 17.7. The normalized spacial score (nSPS) is 11.8.